The summed E-state index contributed by atoms with van der Waals surface area (Å²) in [5, 5.41) is 3.42. The molecule has 0 fully saturated rings. The van der Waals surface area contributed by atoms with Crippen molar-refractivity contribution in [2.45, 2.75) is 46.1 Å². The largest absolute Gasteiger partial charge is 0.455 e. The van der Waals surface area contributed by atoms with Crippen LogP contribution < -0.4 is 14.4 Å². The van der Waals surface area contributed by atoms with Gasteiger partial charge < -0.3 is 10.1 Å². The molecule has 1 atom stereocenters. The summed E-state index contributed by atoms with van der Waals surface area (Å²) < 4.78 is 32.9. The molecule has 0 spiro atoms. The second-order valence-corrected chi connectivity index (χ2v) is 11.5. The number of carbonyl (C=O) groups is 1. The van der Waals surface area contributed by atoms with Gasteiger partial charge in [-0.2, -0.15) is 0 Å². The summed E-state index contributed by atoms with van der Waals surface area (Å²) in [6.07, 6.45) is 5.58. The van der Waals surface area contributed by atoms with Crippen LogP contribution in [0.2, 0.25) is 5.02 Å². The van der Waals surface area contributed by atoms with Gasteiger partial charge in [0.05, 0.1) is 18.5 Å². The fraction of sp³-hybridized carbons (Fsp3) is 0.345. The second kappa shape index (κ2) is 13.5. The van der Waals surface area contributed by atoms with Crippen LogP contribution >= 0.6 is 11.6 Å². The van der Waals surface area contributed by atoms with Gasteiger partial charge in [-0.3, -0.25) is 9.10 Å². The number of nitrogens with zero attached hydrogens (tertiary/aromatic N) is 1. The van der Waals surface area contributed by atoms with Gasteiger partial charge in [0.2, 0.25) is 10.0 Å². The van der Waals surface area contributed by atoms with E-state index < -0.39 is 10.0 Å². The summed E-state index contributed by atoms with van der Waals surface area (Å²) in [6, 6.07) is 21.0. The molecule has 0 aliphatic carbocycles. The van der Waals surface area contributed by atoms with E-state index in [1.54, 1.807) is 54.6 Å². The molecule has 3 rings (SSSR count). The number of carbonyl (C=O) groups excluding carboxylic acids is 1. The lowest BCUT2D eigenvalue weighted by Gasteiger charge is -2.25. The monoisotopic (exact) mass is 542 g/mol. The lowest BCUT2D eigenvalue weighted by atomic mass is 9.99. The molecule has 1 amide bonds. The van der Waals surface area contributed by atoms with Crippen LogP contribution in [0.3, 0.4) is 0 Å². The van der Waals surface area contributed by atoms with Crippen LogP contribution in [0.5, 0.6) is 11.5 Å². The van der Waals surface area contributed by atoms with E-state index in [1.807, 2.05) is 18.2 Å². The number of para-hydroxylation sites is 1. The number of ether oxygens (including phenoxy) is 1. The molecule has 37 heavy (non-hydrogen) atoms. The maximum atomic E-state index is 12.8. The standard InChI is InChI=1S/C29H35ClN2O4S/c1-4-6-10-22(5-2)20-31-29(33)24-15-13-23(14-16-24)21-32(37(3,34)35)27-19-25(30)17-18-28(27)36-26-11-8-7-9-12-26/h7-9,11-19,22H,4-6,10,20-21H2,1-3H3,(H,31,33)/t22-/m0/s1. The van der Waals surface area contributed by atoms with E-state index in [2.05, 4.69) is 19.2 Å². The summed E-state index contributed by atoms with van der Waals surface area (Å²) in [5.41, 5.74) is 1.59. The first-order valence-electron chi connectivity index (χ1n) is 12.6. The molecule has 0 aromatic heterocycles. The van der Waals surface area contributed by atoms with Crippen molar-refractivity contribution in [1.29, 1.82) is 0 Å². The van der Waals surface area contributed by atoms with Gasteiger partial charge in [0.1, 0.15) is 5.75 Å². The van der Waals surface area contributed by atoms with E-state index in [9.17, 15) is 13.2 Å². The fourth-order valence-electron chi connectivity index (χ4n) is 3.98. The lowest BCUT2D eigenvalue weighted by molar-refractivity contribution is 0.0946. The van der Waals surface area contributed by atoms with Crippen LogP contribution in [0, 0.1) is 5.92 Å². The van der Waals surface area contributed by atoms with Gasteiger partial charge in [-0.25, -0.2) is 8.42 Å². The van der Waals surface area contributed by atoms with Crippen molar-refractivity contribution >= 4 is 33.2 Å². The number of nitrogens with one attached hydrogen (secondary N) is 1. The molecular weight excluding hydrogens is 508 g/mol. The maximum absolute atomic E-state index is 12.8. The lowest BCUT2D eigenvalue weighted by Crippen LogP contribution is -2.30. The van der Waals surface area contributed by atoms with Crippen molar-refractivity contribution in [3.05, 3.63) is 88.9 Å². The zero-order valence-electron chi connectivity index (χ0n) is 21.6. The molecule has 198 valence electrons. The minimum Gasteiger partial charge on any atom is -0.455 e. The maximum Gasteiger partial charge on any atom is 0.251 e. The molecule has 0 bridgehead atoms. The SMILES string of the molecule is CCCC[C@H](CC)CNC(=O)c1ccc(CN(c2cc(Cl)ccc2Oc2ccccc2)S(C)(=O)=O)cc1. The van der Waals surface area contributed by atoms with Gasteiger partial charge in [0.25, 0.3) is 5.91 Å². The first kappa shape index (κ1) is 28.5. The predicted octanol–water partition coefficient (Wildman–Crippen LogP) is 7.04. The molecule has 0 unspecified atom stereocenters. The third-order valence-electron chi connectivity index (χ3n) is 6.20. The first-order chi connectivity index (χ1) is 17.7. The zero-order chi connectivity index (χ0) is 26.8. The Balaban J connectivity index is 1.78. The Morgan fingerprint density at radius 1 is 1.03 bits per heavy atom. The quantitative estimate of drug-likeness (QED) is 0.251. The molecule has 0 aliphatic heterocycles. The molecule has 8 heteroatoms. The number of unbranched alkanes of at least 4 members (excludes halogenated alkanes) is 1. The van der Waals surface area contributed by atoms with Gasteiger partial charge >= 0.3 is 0 Å². The third-order valence-corrected chi connectivity index (χ3v) is 7.56. The molecule has 1 N–H and O–H groups in total. The molecular formula is C29H35ClN2O4S. The van der Waals surface area contributed by atoms with Gasteiger partial charge in [0.15, 0.2) is 5.75 Å². The van der Waals surface area contributed by atoms with E-state index in [1.165, 1.54) is 4.31 Å². The number of rotatable bonds is 13. The number of amides is 1. The van der Waals surface area contributed by atoms with Crippen LogP contribution in [-0.4, -0.2) is 27.1 Å². The Morgan fingerprint density at radius 2 is 1.73 bits per heavy atom. The second-order valence-electron chi connectivity index (χ2n) is 9.12. The molecule has 3 aromatic carbocycles. The fourth-order valence-corrected chi connectivity index (χ4v) is 5.03. The van der Waals surface area contributed by atoms with E-state index >= 15 is 0 Å². The minimum atomic E-state index is -3.69. The van der Waals surface area contributed by atoms with Crippen LogP contribution in [0.15, 0.2) is 72.8 Å². The highest BCUT2D eigenvalue weighted by atomic mass is 35.5. The Morgan fingerprint density at radius 3 is 2.35 bits per heavy atom. The molecule has 0 aliphatic rings. The van der Waals surface area contributed by atoms with Gasteiger partial charge in [-0.1, -0.05) is 75.0 Å². The van der Waals surface area contributed by atoms with Crippen molar-refractivity contribution < 1.29 is 17.9 Å². The van der Waals surface area contributed by atoms with Crippen molar-refractivity contribution in [3.63, 3.8) is 0 Å². The summed E-state index contributed by atoms with van der Waals surface area (Å²) >= 11 is 6.24. The number of sulfonamides is 1. The van der Waals surface area contributed by atoms with E-state index in [4.69, 9.17) is 16.3 Å². The summed E-state index contributed by atoms with van der Waals surface area (Å²) in [4.78, 5) is 12.7. The molecule has 0 saturated heterocycles. The van der Waals surface area contributed by atoms with Crippen molar-refractivity contribution in [2.75, 3.05) is 17.1 Å². The smallest absolute Gasteiger partial charge is 0.251 e. The van der Waals surface area contributed by atoms with E-state index in [0.717, 1.165) is 37.5 Å². The van der Waals surface area contributed by atoms with Gasteiger partial charge in [-0.05, 0) is 60.4 Å². The number of anilines is 1. The number of hydrogen-bond donors (Lipinski definition) is 1. The summed E-state index contributed by atoms with van der Waals surface area (Å²) in [7, 11) is -3.69. The van der Waals surface area contributed by atoms with E-state index in [0.29, 0.717) is 40.2 Å². The molecule has 3 aromatic rings. The Hall–Kier alpha value is -3.03. The average Bonchev–Trinajstić information content (AvgIpc) is 2.88. The minimum absolute atomic E-state index is 0.0567. The molecule has 6 nitrogen and oxygen atoms in total. The summed E-state index contributed by atoms with van der Waals surface area (Å²) in [5.74, 6) is 1.28. The van der Waals surface area contributed by atoms with Crippen molar-refractivity contribution in [2.24, 2.45) is 5.92 Å². The summed E-state index contributed by atoms with van der Waals surface area (Å²) in [6.45, 7) is 5.02. The van der Waals surface area contributed by atoms with Crippen molar-refractivity contribution in [3.8, 4) is 11.5 Å². The molecule has 0 radical (unpaired) electrons. The highest BCUT2D eigenvalue weighted by Gasteiger charge is 2.23. The van der Waals surface area contributed by atoms with Gasteiger partial charge in [0, 0.05) is 17.1 Å². The van der Waals surface area contributed by atoms with Crippen molar-refractivity contribution in [1.82, 2.24) is 5.32 Å². The predicted molar refractivity (Wildman–Crippen MR) is 151 cm³/mol. The molecule has 0 saturated carbocycles. The number of halogens is 1. The number of hydrogen-bond acceptors (Lipinski definition) is 4. The van der Waals surface area contributed by atoms with Crippen LogP contribution in [0.25, 0.3) is 0 Å². The highest BCUT2D eigenvalue weighted by Crippen LogP contribution is 2.36. The third kappa shape index (κ3) is 8.51. The Kier molecular flexibility index (Phi) is 10.4. The number of benzene rings is 3. The van der Waals surface area contributed by atoms with Crippen LogP contribution in [0.4, 0.5) is 5.69 Å². The normalized spacial score (nSPS) is 12.1. The van der Waals surface area contributed by atoms with Crippen LogP contribution in [-0.2, 0) is 16.6 Å². The average molecular weight is 543 g/mol. The topological polar surface area (TPSA) is 75.7 Å². The van der Waals surface area contributed by atoms with Gasteiger partial charge in [-0.15, -0.1) is 0 Å². The Bertz CT molecular complexity index is 1260. The zero-order valence-corrected chi connectivity index (χ0v) is 23.2. The molecule has 0 heterocycles. The Labute approximate surface area is 225 Å². The highest BCUT2D eigenvalue weighted by molar-refractivity contribution is 7.92. The van der Waals surface area contributed by atoms with Crippen LogP contribution in [0.1, 0.15) is 55.5 Å². The first-order valence-corrected chi connectivity index (χ1v) is 14.8. The van der Waals surface area contributed by atoms with E-state index in [-0.39, 0.29) is 12.5 Å².